The molecule has 0 amide bonds. The van der Waals surface area contributed by atoms with Crippen molar-refractivity contribution in [1.29, 1.82) is 0 Å². The number of nitrogens with one attached hydrogen (secondary N) is 1. The summed E-state index contributed by atoms with van der Waals surface area (Å²) < 4.78 is 1.90. The molecule has 0 saturated carbocycles. The fourth-order valence-electron chi connectivity index (χ4n) is 2.16. The third-order valence-corrected chi connectivity index (χ3v) is 3.31. The van der Waals surface area contributed by atoms with Gasteiger partial charge >= 0.3 is 0 Å². The molecule has 0 bridgehead atoms. The van der Waals surface area contributed by atoms with Crippen molar-refractivity contribution in [2.24, 2.45) is 0 Å². The van der Waals surface area contributed by atoms with Crippen LogP contribution in [0.3, 0.4) is 0 Å². The minimum absolute atomic E-state index is 0.293. The Kier molecular flexibility index (Phi) is 3.25. The first-order valence-electron chi connectivity index (χ1n) is 6.39. The van der Waals surface area contributed by atoms with Gasteiger partial charge in [0.2, 0.25) is 0 Å². The highest BCUT2D eigenvalue weighted by molar-refractivity contribution is 5.53. The molecule has 96 valence electrons. The third-order valence-electron chi connectivity index (χ3n) is 3.31. The molecule has 0 unspecified atom stereocenters. The maximum Gasteiger partial charge on any atom is 0.0706 e. The molecule has 3 aromatic rings. The highest BCUT2D eigenvalue weighted by Gasteiger charge is 2.07. The molecule has 0 spiro atoms. The van der Waals surface area contributed by atoms with Gasteiger partial charge in [0.25, 0.3) is 0 Å². The Morgan fingerprint density at radius 1 is 1.21 bits per heavy atom. The van der Waals surface area contributed by atoms with E-state index < -0.39 is 0 Å². The second kappa shape index (κ2) is 5.20. The number of aromatic nitrogens is 3. The molecular weight excluding hydrogens is 236 g/mol. The monoisotopic (exact) mass is 252 g/mol. The van der Waals surface area contributed by atoms with Crippen LogP contribution in [-0.4, -0.2) is 14.6 Å². The highest BCUT2D eigenvalue weighted by atomic mass is 15.2. The Bertz CT molecular complexity index is 660. The van der Waals surface area contributed by atoms with Crippen LogP contribution in [0, 0.1) is 0 Å². The Labute approximate surface area is 112 Å². The lowest BCUT2D eigenvalue weighted by Crippen LogP contribution is -2.17. The molecule has 4 nitrogen and oxygen atoms in total. The number of nitrogens with zero attached hydrogens (tertiary/aromatic N) is 3. The van der Waals surface area contributed by atoms with Crippen LogP contribution >= 0.6 is 0 Å². The lowest BCUT2D eigenvalue weighted by atomic mass is 10.1. The van der Waals surface area contributed by atoms with E-state index in [1.807, 2.05) is 53.6 Å². The maximum absolute atomic E-state index is 4.34. The molecule has 0 fully saturated rings. The molecule has 19 heavy (non-hydrogen) atoms. The standard InChI is InChI=1S/C15H16N4/c1-12(13-5-7-16-8-6-13)17-10-14-11-18-19-9-3-2-4-15(14)19/h2-9,11-12,17H,10H2,1H3/t12-/m0/s1. The third kappa shape index (κ3) is 2.48. The molecule has 1 N–H and O–H groups in total. The van der Waals surface area contributed by atoms with Gasteiger partial charge in [-0.3, -0.25) is 4.98 Å². The molecule has 0 aliphatic carbocycles. The zero-order valence-electron chi connectivity index (χ0n) is 10.8. The fraction of sp³-hybridized carbons (Fsp3) is 0.200. The van der Waals surface area contributed by atoms with Gasteiger partial charge in [-0.2, -0.15) is 5.10 Å². The summed E-state index contributed by atoms with van der Waals surface area (Å²) in [4.78, 5) is 4.04. The van der Waals surface area contributed by atoms with Crippen LogP contribution < -0.4 is 5.32 Å². The van der Waals surface area contributed by atoms with Gasteiger partial charge in [-0.25, -0.2) is 4.52 Å². The predicted octanol–water partition coefficient (Wildman–Crippen LogP) is 2.58. The summed E-state index contributed by atoms with van der Waals surface area (Å²) in [5, 5.41) is 7.85. The van der Waals surface area contributed by atoms with Gasteiger partial charge in [-0.1, -0.05) is 6.07 Å². The average Bonchev–Trinajstić information content (AvgIpc) is 2.89. The van der Waals surface area contributed by atoms with Crippen molar-refractivity contribution < 1.29 is 0 Å². The SMILES string of the molecule is C[C@H](NCc1cnn2ccccc12)c1ccncc1. The first-order chi connectivity index (χ1) is 9.34. The van der Waals surface area contributed by atoms with Crippen LogP contribution in [0.1, 0.15) is 24.1 Å². The lowest BCUT2D eigenvalue weighted by molar-refractivity contribution is 0.576. The Balaban J connectivity index is 1.73. The van der Waals surface area contributed by atoms with Crippen LogP contribution in [-0.2, 0) is 6.54 Å². The van der Waals surface area contributed by atoms with Gasteiger partial charge in [0.05, 0.1) is 11.7 Å². The topological polar surface area (TPSA) is 42.2 Å². The van der Waals surface area contributed by atoms with Crippen molar-refractivity contribution in [2.75, 3.05) is 0 Å². The fourth-order valence-corrected chi connectivity index (χ4v) is 2.16. The summed E-state index contributed by atoms with van der Waals surface area (Å²) in [7, 11) is 0. The van der Waals surface area contributed by atoms with Crippen molar-refractivity contribution in [3.05, 3.63) is 66.2 Å². The van der Waals surface area contributed by atoms with E-state index in [1.54, 1.807) is 0 Å². The molecule has 0 saturated heterocycles. The van der Waals surface area contributed by atoms with E-state index in [0.29, 0.717) is 6.04 Å². The van der Waals surface area contributed by atoms with Crippen molar-refractivity contribution in [3.8, 4) is 0 Å². The van der Waals surface area contributed by atoms with Crippen LogP contribution in [0.4, 0.5) is 0 Å². The normalized spacial score (nSPS) is 12.7. The van der Waals surface area contributed by atoms with Crippen molar-refractivity contribution in [1.82, 2.24) is 19.9 Å². The summed E-state index contributed by atoms with van der Waals surface area (Å²) in [6.07, 6.45) is 7.53. The summed E-state index contributed by atoms with van der Waals surface area (Å²) in [6.45, 7) is 2.96. The second-order valence-electron chi connectivity index (χ2n) is 4.58. The Morgan fingerprint density at radius 2 is 2.05 bits per heavy atom. The number of hydrogen-bond donors (Lipinski definition) is 1. The second-order valence-corrected chi connectivity index (χ2v) is 4.58. The van der Waals surface area contributed by atoms with Crippen molar-refractivity contribution in [2.45, 2.75) is 19.5 Å². The molecular formula is C15H16N4. The molecule has 4 heteroatoms. The zero-order valence-corrected chi connectivity index (χ0v) is 10.8. The number of rotatable bonds is 4. The quantitative estimate of drug-likeness (QED) is 0.776. The maximum atomic E-state index is 4.34. The minimum atomic E-state index is 0.293. The van der Waals surface area contributed by atoms with E-state index in [4.69, 9.17) is 0 Å². The lowest BCUT2D eigenvalue weighted by Gasteiger charge is -2.13. The van der Waals surface area contributed by atoms with E-state index in [9.17, 15) is 0 Å². The van der Waals surface area contributed by atoms with Crippen molar-refractivity contribution >= 4 is 5.52 Å². The van der Waals surface area contributed by atoms with E-state index in [-0.39, 0.29) is 0 Å². The number of pyridine rings is 2. The van der Waals surface area contributed by atoms with Crippen LogP contribution in [0.15, 0.2) is 55.1 Å². The average molecular weight is 252 g/mol. The van der Waals surface area contributed by atoms with Gasteiger partial charge in [-0.15, -0.1) is 0 Å². The summed E-state index contributed by atoms with van der Waals surface area (Å²) >= 11 is 0. The Hall–Kier alpha value is -2.20. The van der Waals surface area contributed by atoms with Gasteiger partial charge in [-0.05, 0) is 36.8 Å². The first kappa shape index (κ1) is 11.9. The van der Waals surface area contributed by atoms with Crippen LogP contribution in [0.5, 0.6) is 0 Å². The molecule has 0 aliphatic rings. The van der Waals surface area contributed by atoms with Gasteiger partial charge < -0.3 is 5.32 Å². The van der Waals surface area contributed by atoms with Gasteiger partial charge in [0.1, 0.15) is 0 Å². The largest absolute Gasteiger partial charge is 0.306 e. The number of fused-ring (bicyclic) bond motifs is 1. The van der Waals surface area contributed by atoms with E-state index in [2.05, 4.69) is 28.4 Å². The molecule has 3 aromatic heterocycles. The molecule has 0 aliphatic heterocycles. The summed E-state index contributed by atoms with van der Waals surface area (Å²) in [5.74, 6) is 0. The van der Waals surface area contributed by atoms with Crippen molar-refractivity contribution in [3.63, 3.8) is 0 Å². The molecule has 0 aromatic carbocycles. The first-order valence-corrected chi connectivity index (χ1v) is 6.39. The minimum Gasteiger partial charge on any atom is -0.306 e. The van der Waals surface area contributed by atoms with E-state index in [1.165, 1.54) is 11.1 Å². The van der Waals surface area contributed by atoms with Crippen LogP contribution in [0.2, 0.25) is 0 Å². The summed E-state index contributed by atoms with van der Waals surface area (Å²) in [5.41, 5.74) is 3.60. The molecule has 3 heterocycles. The molecule has 3 rings (SSSR count). The van der Waals surface area contributed by atoms with Gasteiger partial charge in [0, 0.05) is 36.7 Å². The van der Waals surface area contributed by atoms with E-state index in [0.717, 1.165) is 12.1 Å². The number of hydrogen-bond acceptors (Lipinski definition) is 3. The zero-order chi connectivity index (χ0) is 13.1. The predicted molar refractivity (Wildman–Crippen MR) is 74.7 cm³/mol. The highest BCUT2D eigenvalue weighted by Crippen LogP contribution is 2.14. The molecule has 0 radical (unpaired) electrons. The molecule has 1 atom stereocenters. The smallest absolute Gasteiger partial charge is 0.0706 e. The summed E-state index contributed by atoms with van der Waals surface area (Å²) in [6, 6.07) is 10.5. The van der Waals surface area contributed by atoms with E-state index >= 15 is 0 Å². The van der Waals surface area contributed by atoms with Crippen LogP contribution in [0.25, 0.3) is 5.52 Å². The Morgan fingerprint density at radius 3 is 2.89 bits per heavy atom. The van der Waals surface area contributed by atoms with Gasteiger partial charge in [0.15, 0.2) is 0 Å².